The summed E-state index contributed by atoms with van der Waals surface area (Å²) >= 11 is 18.4. The fourth-order valence-corrected chi connectivity index (χ4v) is 4.83. The quantitative estimate of drug-likeness (QED) is 0.206. The van der Waals surface area contributed by atoms with Gasteiger partial charge in [0.25, 0.3) is 0 Å². The van der Waals surface area contributed by atoms with Crippen molar-refractivity contribution in [3.63, 3.8) is 0 Å². The van der Waals surface area contributed by atoms with Crippen LogP contribution in [0.4, 0.5) is 0 Å². The Balaban J connectivity index is 1.29. The standard InChI is InChI=1S/C27H18Cl3N5O2/c28-18-5-3-6-23(12-18)36-16-24-13-25(32-37-24)27-8-17-4-1-2-7-26(17)34(27)14-21-15-35(33-31-21)22-10-19(29)9-20(30)11-22/h1-13,15H,14,16H2. The van der Waals surface area contributed by atoms with E-state index in [0.717, 1.165) is 28.0 Å². The van der Waals surface area contributed by atoms with Gasteiger partial charge in [-0.15, -0.1) is 5.10 Å². The van der Waals surface area contributed by atoms with Crippen molar-refractivity contribution in [1.82, 2.24) is 24.7 Å². The predicted molar refractivity (Wildman–Crippen MR) is 144 cm³/mol. The summed E-state index contributed by atoms with van der Waals surface area (Å²) in [6, 6.07) is 24.5. The predicted octanol–water partition coefficient (Wildman–Crippen LogP) is 7.46. The van der Waals surface area contributed by atoms with Crippen molar-refractivity contribution in [2.45, 2.75) is 13.2 Å². The Morgan fingerprint density at radius 1 is 0.838 bits per heavy atom. The number of nitrogens with zero attached hydrogens (tertiary/aromatic N) is 5. The third kappa shape index (κ3) is 5.06. The molecule has 0 saturated heterocycles. The lowest BCUT2D eigenvalue weighted by molar-refractivity contribution is 0.249. The van der Waals surface area contributed by atoms with E-state index in [-0.39, 0.29) is 6.61 Å². The minimum Gasteiger partial charge on any atom is -0.485 e. The minimum atomic E-state index is 0.226. The lowest BCUT2D eigenvalue weighted by Gasteiger charge is -2.07. The molecule has 0 unspecified atom stereocenters. The molecular weight excluding hydrogens is 533 g/mol. The van der Waals surface area contributed by atoms with Crippen LogP contribution in [0.1, 0.15) is 11.5 Å². The summed E-state index contributed by atoms with van der Waals surface area (Å²) in [4.78, 5) is 0. The molecule has 184 valence electrons. The van der Waals surface area contributed by atoms with Crippen LogP contribution in [0.5, 0.6) is 5.75 Å². The zero-order chi connectivity index (χ0) is 25.4. The minimum absolute atomic E-state index is 0.226. The maximum absolute atomic E-state index is 6.16. The molecule has 0 aliphatic rings. The van der Waals surface area contributed by atoms with Crippen molar-refractivity contribution in [2.75, 3.05) is 0 Å². The zero-order valence-corrected chi connectivity index (χ0v) is 21.5. The molecule has 10 heteroatoms. The molecule has 0 spiro atoms. The van der Waals surface area contributed by atoms with Gasteiger partial charge < -0.3 is 13.8 Å². The van der Waals surface area contributed by atoms with Gasteiger partial charge in [0.2, 0.25) is 0 Å². The molecule has 3 aromatic carbocycles. The van der Waals surface area contributed by atoms with Gasteiger partial charge in [-0.25, -0.2) is 4.68 Å². The van der Waals surface area contributed by atoms with Crippen LogP contribution in [0, 0.1) is 0 Å². The van der Waals surface area contributed by atoms with Gasteiger partial charge in [-0.1, -0.05) is 69.4 Å². The average molecular weight is 551 g/mol. The lowest BCUT2D eigenvalue weighted by atomic mass is 10.2. The Hall–Kier alpha value is -3.78. The van der Waals surface area contributed by atoms with Crippen LogP contribution in [-0.2, 0) is 13.2 Å². The molecule has 7 nitrogen and oxygen atoms in total. The Morgan fingerprint density at radius 3 is 2.51 bits per heavy atom. The van der Waals surface area contributed by atoms with E-state index in [2.05, 4.69) is 38.2 Å². The molecule has 0 aliphatic carbocycles. The molecule has 0 atom stereocenters. The Kier molecular flexibility index (Phi) is 6.34. The molecule has 37 heavy (non-hydrogen) atoms. The first-order chi connectivity index (χ1) is 18.0. The van der Waals surface area contributed by atoms with Crippen molar-refractivity contribution in [2.24, 2.45) is 0 Å². The highest BCUT2D eigenvalue weighted by Crippen LogP contribution is 2.30. The summed E-state index contributed by atoms with van der Waals surface area (Å²) in [5, 5.41) is 15.7. The number of halogens is 3. The molecule has 0 saturated carbocycles. The highest BCUT2D eigenvalue weighted by Gasteiger charge is 2.17. The van der Waals surface area contributed by atoms with E-state index in [9.17, 15) is 0 Å². The summed E-state index contributed by atoms with van der Waals surface area (Å²) in [5.74, 6) is 1.25. The third-order valence-corrected chi connectivity index (χ3v) is 6.45. The average Bonchev–Trinajstić information content (AvgIpc) is 3.62. The van der Waals surface area contributed by atoms with Crippen LogP contribution in [0.15, 0.2) is 89.6 Å². The fourth-order valence-electron chi connectivity index (χ4n) is 4.14. The Bertz CT molecular complexity index is 1700. The van der Waals surface area contributed by atoms with Gasteiger partial charge in [-0.3, -0.25) is 0 Å². The SMILES string of the molecule is Clc1cccc(OCc2cc(-c3cc4ccccc4n3Cc3cn(-c4cc(Cl)cc(Cl)c4)nn3)no2)c1. The van der Waals surface area contributed by atoms with Crippen LogP contribution in [-0.4, -0.2) is 24.7 Å². The van der Waals surface area contributed by atoms with E-state index in [1.165, 1.54) is 0 Å². The first-order valence-electron chi connectivity index (χ1n) is 11.3. The van der Waals surface area contributed by atoms with Crippen LogP contribution in [0.2, 0.25) is 15.1 Å². The Labute approximate surface area is 226 Å². The molecule has 0 aliphatic heterocycles. The van der Waals surface area contributed by atoms with Crippen molar-refractivity contribution >= 4 is 45.7 Å². The highest BCUT2D eigenvalue weighted by atomic mass is 35.5. The number of ether oxygens (including phenoxy) is 1. The molecular formula is C27H18Cl3N5O2. The summed E-state index contributed by atoms with van der Waals surface area (Å²) < 4.78 is 15.2. The molecule has 0 N–H and O–H groups in total. The van der Waals surface area contributed by atoms with Gasteiger partial charge >= 0.3 is 0 Å². The van der Waals surface area contributed by atoms with E-state index in [1.807, 2.05) is 36.5 Å². The number of rotatable bonds is 7. The number of hydrogen-bond donors (Lipinski definition) is 0. The van der Waals surface area contributed by atoms with Gasteiger partial charge in [-0.05, 0) is 48.5 Å². The van der Waals surface area contributed by atoms with E-state index in [0.29, 0.717) is 38.8 Å². The molecule has 3 heterocycles. The van der Waals surface area contributed by atoms with Crippen LogP contribution < -0.4 is 4.74 Å². The van der Waals surface area contributed by atoms with E-state index >= 15 is 0 Å². The number of para-hydroxylation sites is 1. The maximum atomic E-state index is 6.16. The lowest BCUT2D eigenvalue weighted by Crippen LogP contribution is -2.02. The van der Waals surface area contributed by atoms with Crippen molar-refractivity contribution in [3.05, 3.63) is 112 Å². The summed E-state index contributed by atoms with van der Waals surface area (Å²) in [6.45, 7) is 0.697. The smallest absolute Gasteiger partial charge is 0.174 e. The second-order valence-corrected chi connectivity index (χ2v) is 9.69. The van der Waals surface area contributed by atoms with Gasteiger partial charge in [0, 0.05) is 32.0 Å². The van der Waals surface area contributed by atoms with Crippen molar-refractivity contribution in [1.29, 1.82) is 0 Å². The number of fused-ring (bicyclic) bond motifs is 1. The molecule has 0 bridgehead atoms. The summed E-state index contributed by atoms with van der Waals surface area (Å²) in [5.41, 5.74) is 4.10. The second-order valence-electron chi connectivity index (χ2n) is 8.38. The summed E-state index contributed by atoms with van der Waals surface area (Å²) in [6.07, 6.45) is 1.85. The van der Waals surface area contributed by atoms with Crippen molar-refractivity contribution < 1.29 is 9.26 Å². The van der Waals surface area contributed by atoms with Crippen LogP contribution in [0.25, 0.3) is 28.0 Å². The van der Waals surface area contributed by atoms with E-state index in [1.54, 1.807) is 35.0 Å². The molecule has 0 amide bonds. The van der Waals surface area contributed by atoms with Gasteiger partial charge in [0.1, 0.15) is 23.7 Å². The number of benzene rings is 3. The molecule has 0 fully saturated rings. The first-order valence-corrected chi connectivity index (χ1v) is 12.5. The maximum Gasteiger partial charge on any atom is 0.174 e. The first kappa shape index (κ1) is 23.6. The molecule has 3 aromatic heterocycles. The molecule has 6 rings (SSSR count). The topological polar surface area (TPSA) is 70.9 Å². The zero-order valence-electron chi connectivity index (χ0n) is 19.2. The number of aromatic nitrogens is 5. The van der Waals surface area contributed by atoms with Crippen LogP contribution >= 0.6 is 34.8 Å². The third-order valence-electron chi connectivity index (χ3n) is 5.78. The normalized spacial score (nSPS) is 11.3. The van der Waals surface area contributed by atoms with E-state index < -0.39 is 0 Å². The van der Waals surface area contributed by atoms with Crippen LogP contribution in [0.3, 0.4) is 0 Å². The van der Waals surface area contributed by atoms with Gasteiger partial charge in [0.05, 0.1) is 24.1 Å². The Morgan fingerprint density at radius 2 is 1.68 bits per heavy atom. The molecule has 0 radical (unpaired) electrons. The summed E-state index contributed by atoms with van der Waals surface area (Å²) in [7, 11) is 0. The van der Waals surface area contributed by atoms with Gasteiger partial charge in [0.15, 0.2) is 5.76 Å². The fraction of sp³-hybridized carbons (Fsp3) is 0.0741. The number of hydrogen-bond acceptors (Lipinski definition) is 5. The second kappa shape index (κ2) is 9.94. The molecule has 6 aromatic rings. The van der Waals surface area contributed by atoms with E-state index in [4.69, 9.17) is 44.1 Å². The highest BCUT2D eigenvalue weighted by molar-refractivity contribution is 6.34. The monoisotopic (exact) mass is 549 g/mol. The van der Waals surface area contributed by atoms with Crippen molar-refractivity contribution in [3.8, 4) is 22.8 Å². The largest absolute Gasteiger partial charge is 0.485 e. The van der Waals surface area contributed by atoms with Gasteiger partial charge in [-0.2, -0.15) is 0 Å².